The van der Waals surface area contributed by atoms with Crippen LogP contribution in [0.1, 0.15) is 19.3 Å². The van der Waals surface area contributed by atoms with Gasteiger partial charge in [-0.05, 0) is 49.6 Å². The minimum absolute atomic E-state index is 0.296. The zero-order valence-corrected chi connectivity index (χ0v) is 12.6. The number of benzene rings is 1. The molecular formula is C18H17F2N3. The van der Waals surface area contributed by atoms with Crippen molar-refractivity contribution in [3.8, 4) is 11.3 Å². The van der Waals surface area contributed by atoms with E-state index in [9.17, 15) is 8.78 Å². The lowest BCUT2D eigenvalue weighted by atomic mass is 10.1. The minimum Gasteiger partial charge on any atom is -0.354 e. The average Bonchev–Trinajstić information content (AvgIpc) is 2.98. The van der Waals surface area contributed by atoms with Gasteiger partial charge in [-0.15, -0.1) is 0 Å². The summed E-state index contributed by atoms with van der Waals surface area (Å²) in [6.45, 7) is 1.71. The first-order valence-electron chi connectivity index (χ1n) is 7.90. The number of pyridine rings is 1. The summed E-state index contributed by atoms with van der Waals surface area (Å²) in [5.41, 5.74) is 2.10. The molecule has 5 heteroatoms. The SMILES string of the molecule is Fc1ccc2cc(-c3cnc(N4CCCCC4)c(F)c3)[nH]c2c1. The van der Waals surface area contributed by atoms with E-state index in [0.29, 0.717) is 16.9 Å². The topological polar surface area (TPSA) is 31.9 Å². The molecule has 3 nitrogen and oxygen atoms in total. The number of nitrogens with one attached hydrogen (secondary N) is 1. The molecule has 1 saturated heterocycles. The van der Waals surface area contributed by atoms with Crippen LogP contribution in [0.4, 0.5) is 14.6 Å². The lowest BCUT2D eigenvalue weighted by Gasteiger charge is -2.28. The standard InChI is InChI=1S/C18H17F2N3/c19-14-5-4-12-9-16(22-17(12)10-14)13-8-15(20)18(21-11-13)23-6-2-1-3-7-23/h4-5,8-11,22H,1-3,6-7H2. The molecule has 1 N–H and O–H groups in total. The van der Waals surface area contributed by atoms with Gasteiger partial charge in [-0.2, -0.15) is 0 Å². The number of anilines is 1. The van der Waals surface area contributed by atoms with Crippen LogP contribution in [0, 0.1) is 11.6 Å². The molecule has 23 heavy (non-hydrogen) atoms. The minimum atomic E-state index is -0.311. The van der Waals surface area contributed by atoms with Gasteiger partial charge in [0.2, 0.25) is 0 Å². The van der Waals surface area contributed by atoms with Gasteiger partial charge in [0.1, 0.15) is 5.82 Å². The third-order valence-electron chi connectivity index (χ3n) is 4.37. The van der Waals surface area contributed by atoms with E-state index in [-0.39, 0.29) is 11.6 Å². The molecule has 1 aliphatic rings. The van der Waals surface area contributed by atoms with Crippen molar-refractivity contribution in [2.75, 3.05) is 18.0 Å². The maximum absolute atomic E-state index is 14.5. The number of hydrogen-bond donors (Lipinski definition) is 1. The van der Waals surface area contributed by atoms with Crippen molar-refractivity contribution >= 4 is 16.7 Å². The lowest BCUT2D eigenvalue weighted by Crippen LogP contribution is -2.30. The van der Waals surface area contributed by atoms with Crippen molar-refractivity contribution in [2.45, 2.75) is 19.3 Å². The van der Waals surface area contributed by atoms with Crippen LogP contribution >= 0.6 is 0 Å². The Hall–Kier alpha value is -2.43. The number of halogens is 2. The van der Waals surface area contributed by atoms with Crippen LogP contribution in [0.3, 0.4) is 0 Å². The molecule has 3 aromatic rings. The summed E-state index contributed by atoms with van der Waals surface area (Å²) in [6, 6.07) is 7.93. The fraction of sp³-hybridized carbons (Fsp3) is 0.278. The van der Waals surface area contributed by atoms with Crippen LogP contribution < -0.4 is 4.90 Å². The monoisotopic (exact) mass is 313 g/mol. The molecule has 0 spiro atoms. The van der Waals surface area contributed by atoms with Gasteiger partial charge in [0, 0.05) is 41.4 Å². The number of aromatic nitrogens is 2. The molecule has 0 bridgehead atoms. The Balaban J connectivity index is 1.69. The van der Waals surface area contributed by atoms with E-state index in [1.807, 2.05) is 11.0 Å². The number of aromatic amines is 1. The molecule has 1 aromatic carbocycles. The highest BCUT2D eigenvalue weighted by molar-refractivity contribution is 5.85. The molecule has 1 fully saturated rings. The second-order valence-corrected chi connectivity index (χ2v) is 5.99. The Morgan fingerprint density at radius 1 is 1.00 bits per heavy atom. The van der Waals surface area contributed by atoms with Crippen molar-refractivity contribution in [1.82, 2.24) is 9.97 Å². The van der Waals surface area contributed by atoms with Gasteiger partial charge in [0.05, 0.1) is 0 Å². The number of hydrogen-bond acceptors (Lipinski definition) is 2. The van der Waals surface area contributed by atoms with Crippen molar-refractivity contribution in [2.24, 2.45) is 0 Å². The number of rotatable bonds is 2. The molecule has 4 rings (SSSR count). The normalized spacial score (nSPS) is 15.3. The van der Waals surface area contributed by atoms with E-state index >= 15 is 0 Å². The van der Waals surface area contributed by atoms with Crippen molar-refractivity contribution in [3.63, 3.8) is 0 Å². The van der Waals surface area contributed by atoms with Crippen LogP contribution in [0.5, 0.6) is 0 Å². The van der Waals surface area contributed by atoms with Crippen molar-refractivity contribution in [1.29, 1.82) is 0 Å². The Kier molecular flexibility index (Phi) is 3.48. The number of fused-ring (bicyclic) bond motifs is 1. The molecule has 0 aliphatic carbocycles. The van der Waals surface area contributed by atoms with E-state index in [1.165, 1.54) is 24.6 Å². The Labute approximate surface area is 133 Å². The number of H-pyrrole nitrogens is 1. The predicted octanol–water partition coefficient (Wildman–Crippen LogP) is 4.50. The number of nitrogens with zero attached hydrogens (tertiary/aromatic N) is 2. The molecule has 0 radical (unpaired) electrons. The molecule has 0 atom stereocenters. The largest absolute Gasteiger partial charge is 0.354 e. The first kappa shape index (κ1) is 14.2. The van der Waals surface area contributed by atoms with Crippen LogP contribution in [0.2, 0.25) is 0 Å². The molecular weight excluding hydrogens is 296 g/mol. The summed E-state index contributed by atoms with van der Waals surface area (Å²) in [5.74, 6) is -0.180. The van der Waals surface area contributed by atoms with Crippen molar-refractivity contribution in [3.05, 3.63) is 48.2 Å². The van der Waals surface area contributed by atoms with Crippen LogP contribution in [-0.2, 0) is 0 Å². The van der Waals surface area contributed by atoms with Gasteiger partial charge in [-0.25, -0.2) is 13.8 Å². The smallest absolute Gasteiger partial charge is 0.166 e. The van der Waals surface area contributed by atoms with Gasteiger partial charge in [0.25, 0.3) is 0 Å². The van der Waals surface area contributed by atoms with E-state index in [2.05, 4.69) is 9.97 Å². The zero-order chi connectivity index (χ0) is 15.8. The average molecular weight is 313 g/mol. The first-order chi connectivity index (χ1) is 11.2. The van der Waals surface area contributed by atoms with E-state index in [1.54, 1.807) is 12.3 Å². The van der Waals surface area contributed by atoms with Crippen LogP contribution in [0.25, 0.3) is 22.2 Å². The fourth-order valence-electron chi connectivity index (χ4n) is 3.17. The second kappa shape index (κ2) is 5.65. The van der Waals surface area contributed by atoms with Crippen LogP contribution in [0.15, 0.2) is 36.5 Å². The summed E-state index contributed by atoms with van der Waals surface area (Å²) < 4.78 is 27.7. The zero-order valence-electron chi connectivity index (χ0n) is 12.6. The Bertz CT molecular complexity index is 851. The summed E-state index contributed by atoms with van der Waals surface area (Å²) in [6.07, 6.45) is 5.03. The maximum atomic E-state index is 14.5. The molecule has 0 amide bonds. The summed E-state index contributed by atoms with van der Waals surface area (Å²) >= 11 is 0. The second-order valence-electron chi connectivity index (χ2n) is 5.99. The van der Waals surface area contributed by atoms with E-state index in [4.69, 9.17) is 0 Å². The predicted molar refractivity (Wildman–Crippen MR) is 87.5 cm³/mol. The molecule has 118 valence electrons. The quantitative estimate of drug-likeness (QED) is 0.755. The Morgan fingerprint density at radius 2 is 1.83 bits per heavy atom. The highest BCUT2D eigenvalue weighted by Crippen LogP contribution is 2.28. The molecule has 1 aliphatic heterocycles. The summed E-state index contributed by atoms with van der Waals surface area (Å²) in [4.78, 5) is 9.44. The van der Waals surface area contributed by atoms with Gasteiger partial charge in [-0.3, -0.25) is 0 Å². The van der Waals surface area contributed by atoms with E-state index in [0.717, 1.165) is 37.0 Å². The molecule has 0 unspecified atom stereocenters. The van der Waals surface area contributed by atoms with Gasteiger partial charge >= 0.3 is 0 Å². The maximum Gasteiger partial charge on any atom is 0.166 e. The molecule has 2 aromatic heterocycles. The summed E-state index contributed by atoms with van der Waals surface area (Å²) in [7, 11) is 0. The fourth-order valence-corrected chi connectivity index (χ4v) is 3.17. The van der Waals surface area contributed by atoms with Crippen LogP contribution in [-0.4, -0.2) is 23.1 Å². The van der Waals surface area contributed by atoms with E-state index < -0.39 is 0 Å². The first-order valence-corrected chi connectivity index (χ1v) is 7.90. The third kappa shape index (κ3) is 2.67. The van der Waals surface area contributed by atoms with Gasteiger partial charge in [-0.1, -0.05) is 0 Å². The highest BCUT2D eigenvalue weighted by Gasteiger charge is 2.17. The number of piperidine rings is 1. The third-order valence-corrected chi connectivity index (χ3v) is 4.37. The molecule has 0 saturated carbocycles. The Morgan fingerprint density at radius 3 is 2.61 bits per heavy atom. The lowest BCUT2D eigenvalue weighted by molar-refractivity contribution is 0.550. The summed E-state index contributed by atoms with van der Waals surface area (Å²) in [5, 5.41) is 0.891. The van der Waals surface area contributed by atoms with Crippen molar-refractivity contribution < 1.29 is 8.78 Å². The van der Waals surface area contributed by atoms with Gasteiger partial charge in [0.15, 0.2) is 11.6 Å². The van der Waals surface area contributed by atoms with Gasteiger partial charge < -0.3 is 9.88 Å². The highest BCUT2D eigenvalue weighted by atomic mass is 19.1. The molecule has 3 heterocycles.